The molecule has 0 radical (unpaired) electrons. The minimum atomic E-state index is 0.334. The van der Waals surface area contributed by atoms with E-state index in [4.69, 9.17) is 0 Å². The largest absolute Gasteiger partial charge is 0.341 e. The highest BCUT2D eigenvalue weighted by molar-refractivity contribution is 8.77. The molecule has 134 valence electrons. The molecule has 2 atom stereocenters. The van der Waals surface area contributed by atoms with Crippen molar-refractivity contribution < 1.29 is 4.79 Å². The molecule has 0 bridgehead atoms. The number of carbonyl (C=O) groups excluding carboxylic acids is 1. The minimum Gasteiger partial charge on any atom is -0.341 e. The van der Waals surface area contributed by atoms with E-state index in [1.807, 2.05) is 40.0 Å². The molecule has 0 spiro atoms. The number of rotatable bonds is 6. The topological polar surface area (TPSA) is 38.1 Å². The molecule has 4 nitrogen and oxygen atoms in total. The highest BCUT2D eigenvalue weighted by Crippen LogP contribution is 2.40. The van der Waals surface area contributed by atoms with Gasteiger partial charge in [-0.1, -0.05) is 40.1 Å². The molecule has 3 heterocycles. The highest BCUT2D eigenvalue weighted by Gasteiger charge is 2.27. The van der Waals surface area contributed by atoms with E-state index in [1.54, 1.807) is 0 Å². The van der Waals surface area contributed by atoms with Crippen molar-refractivity contribution in [3.8, 4) is 0 Å². The van der Waals surface area contributed by atoms with Crippen LogP contribution in [0.1, 0.15) is 44.6 Å². The van der Waals surface area contributed by atoms with Gasteiger partial charge in [-0.2, -0.15) is 0 Å². The van der Waals surface area contributed by atoms with E-state index in [-0.39, 0.29) is 0 Å². The maximum absolute atomic E-state index is 12.5. The van der Waals surface area contributed by atoms with Gasteiger partial charge in [0.1, 0.15) is 0 Å². The molecule has 4 rings (SSSR count). The first kappa shape index (κ1) is 17.3. The summed E-state index contributed by atoms with van der Waals surface area (Å²) in [5, 5.41) is 0.825. The molecular weight excluding hydrogens is 350 g/mol. The molecule has 2 fully saturated rings. The second-order valence-corrected chi connectivity index (χ2v) is 9.78. The molecule has 1 amide bonds. The number of para-hydroxylation sites is 2. The summed E-state index contributed by atoms with van der Waals surface area (Å²) in [5.41, 5.74) is 2.21. The van der Waals surface area contributed by atoms with Gasteiger partial charge < -0.3 is 9.47 Å². The third kappa shape index (κ3) is 4.00. The molecule has 2 aromatic rings. The van der Waals surface area contributed by atoms with E-state index in [0.29, 0.717) is 18.4 Å². The molecule has 1 aromatic carbocycles. The Kier molecular flexibility index (Phi) is 5.56. The van der Waals surface area contributed by atoms with E-state index < -0.39 is 0 Å². The van der Waals surface area contributed by atoms with E-state index in [9.17, 15) is 4.79 Å². The van der Waals surface area contributed by atoms with E-state index in [1.165, 1.54) is 30.5 Å². The smallest absolute Gasteiger partial charge is 0.222 e. The van der Waals surface area contributed by atoms with Gasteiger partial charge in [0.05, 0.1) is 23.4 Å². The molecule has 2 aliphatic heterocycles. The number of aromatic nitrogens is 2. The molecule has 1 aromatic heterocycles. The fraction of sp³-hybridized carbons (Fsp3) is 0.579. The van der Waals surface area contributed by atoms with Crippen LogP contribution in [-0.2, 0) is 4.79 Å². The third-order valence-corrected chi connectivity index (χ3v) is 8.29. The van der Waals surface area contributed by atoms with Crippen molar-refractivity contribution in [1.82, 2.24) is 14.5 Å². The van der Waals surface area contributed by atoms with Crippen LogP contribution < -0.4 is 0 Å². The molecule has 2 aliphatic rings. The lowest BCUT2D eigenvalue weighted by Crippen LogP contribution is -2.28. The number of carbonyl (C=O) groups is 1. The summed E-state index contributed by atoms with van der Waals surface area (Å²) in [4.78, 5) is 19.1. The van der Waals surface area contributed by atoms with Crippen molar-refractivity contribution in [1.29, 1.82) is 0 Å². The predicted octanol–water partition coefficient (Wildman–Crippen LogP) is 4.52. The van der Waals surface area contributed by atoms with Gasteiger partial charge >= 0.3 is 0 Å². The number of unbranched alkanes of at least 4 members (excludes halogenated alkanes) is 1. The van der Waals surface area contributed by atoms with Crippen LogP contribution in [-0.4, -0.2) is 44.5 Å². The van der Waals surface area contributed by atoms with Gasteiger partial charge in [0.25, 0.3) is 0 Å². The van der Waals surface area contributed by atoms with Gasteiger partial charge in [0.2, 0.25) is 5.91 Å². The summed E-state index contributed by atoms with van der Waals surface area (Å²) in [6.07, 6.45) is 8.51. The Morgan fingerprint density at radius 1 is 1.24 bits per heavy atom. The highest BCUT2D eigenvalue weighted by atomic mass is 33.1. The van der Waals surface area contributed by atoms with Crippen molar-refractivity contribution in [2.24, 2.45) is 0 Å². The summed E-state index contributed by atoms with van der Waals surface area (Å²) in [6.45, 7) is 1.71. The Labute approximate surface area is 157 Å². The molecule has 25 heavy (non-hydrogen) atoms. The van der Waals surface area contributed by atoms with Crippen molar-refractivity contribution in [2.75, 3.05) is 18.8 Å². The quantitative estimate of drug-likeness (QED) is 0.549. The monoisotopic (exact) mass is 375 g/mol. The van der Waals surface area contributed by atoms with Gasteiger partial charge in [0, 0.05) is 30.5 Å². The van der Waals surface area contributed by atoms with Crippen LogP contribution in [0.2, 0.25) is 0 Å². The van der Waals surface area contributed by atoms with Gasteiger partial charge in [-0.15, -0.1) is 0 Å². The van der Waals surface area contributed by atoms with Crippen molar-refractivity contribution >= 4 is 38.5 Å². The first-order valence-corrected chi connectivity index (χ1v) is 11.7. The molecular formula is C19H25N3OS2. The minimum absolute atomic E-state index is 0.334. The predicted molar refractivity (Wildman–Crippen MR) is 107 cm³/mol. The number of amides is 1. The summed E-state index contributed by atoms with van der Waals surface area (Å²) in [6, 6.07) is 8.60. The number of likely N-dealkylation sites (tertiary alicyclic amines) is 1. The molecule has 2 saturated heterocycles. The van der Waals surface area contributed by atoms with Crippen LogP contribution in [0, 0.1) is 0 Å². The van der Waals surface area contributed by atoms with Crippen LogP contribution in [0.15, 0.2) is 30.6 Å². The van der Waals surface area contributed by atoms with Crippen LogP contribution in [0.3, 0.4) is 0 Å². The Hall–Kier alpha value is -1.14. The fourth-order valence-corrected chi connectivity index (χ4v) is 6.86. The maximum Gasteiger partial charge on any atom is 0.222 e. The van der Waals surface area contributed by atoms with Crippen LogP contribution in [0.25, 0.3) is 11.0 Å². The Bertz CT molecular complexity index is 726. The Morgan fingerprint density at radius 2 is 2.16 bits per heavy atom. The number of hydrogen-bond acceptors (Lipinski definition) is 4. The number of benzene rings is 1. The lowest BCUT2D eigenvalue weighted by atomic mass is 10.1. The Morgan fingerprint density at radius 3 is 3.04 bits per heavy atom. The first-order valence-electron chi connectivity index (χ1n) is 9.29. The third-order valence-electron chi connectivity index (χ3n) is 5.28. The summed E-state index contributed by atoms with van der Waals surface area (Å²) < 4.78 is 2.25. The number of nitrogens with zero attached hydrogens (tertiary/aromatic N) is 3. The molecule has 0 N–H and O–H groups in total. The van der Waals surface area contributed by atoms with Gasteiger partial charge in [-0.3, -0.25) is 4.79 Å². The lowest BCUT2D eigenvalue weighted by molar-refractivity contribution is -0.130. The molecule has 0 saturated carbocycles. The van der Waals surface area contributed by atoms with Crippen molar-refractivity contribution in [3.05, 3.63) is 30.6 Å². The average molecular weight is 376 g/mol. The fourth-order valence-electron chi connectivity index (χ4n) is 3.84. The number of hydrogen-bond donors (Lipinski definition) is 0. The zero-order chi connectivity index (χ0) is 17.1. The standard InChI is InChI=1S/C19H25N3OS2/c23-19(8-4-1-5-16-10-12-24-25-16)21-11-9-15(13-21)22-14-20-17-6-2-3-7-18(17)22/h2-3,6-7,14-16H,1,4-5,8-13H2/t15-,16+/m0/s1. The van der Waals surface area contributed by atoms with Crippen LogP contribution in [0.4, 0.5) is 0 Å². The van der Waals surface area contributed by atoms with Gasteiger partial charge in [0.15, 0.2) is 0 Å². The number of imidazole rings is 1. The zero-order valence-electron chi connectivity index (χ0n) is 14.5. The Balaban J connectivity index is 1.26. The summed E-state index contributed by atoms with van der Waals surface area (Å²) in [5.74, 6) is 1.63. The second kappa shape index (κ2) is 8.04. The molecule has 6 heteroatoms. The first-order chi connectivity index (χ1) is 12.3. The lowest BCUT2D eigenvalue weighted by Gasteiger charge is -2.17. The van der Waals surface area contributed by atoms with Gasteiger partial charge in [-0.25, -0.2) is 4.98 Å². The number of fused-ring (bicyclic) bond motifs is 1. The molecule has 0 aliphatic carbocycles. The van der Waals surface area contributed by atoms with Crippen molar-refractivity contribution in [3.63, 3.8) is 0 Å². The van der Waals surface area contributed by atoms with Crippen LogP contribution in [0.5, 0.6) is 0 Å². The van der Waals surface area contributed by atoms with Gasteiger partial charge in [-0.05, 0) is 37.8 Å². The normalized spacial score (nSPS) is 23.6. The van der Waals surface area contributed by atoms with E-state index in [0.717, 1.165) is 36.7 Å². The van der Waals surface area contributed by atoms with E-state index in [2.05, 4.69) is 26.6 Å². The summed E-state index contributed by atoms with van der Waals surface area (Å²) in [7, 11) is 4.04. The average Bonchev–Trinajstić information content (AvgIpc) is 3.38. The van der Waals surface area contributed by atoms with Crippen LogP contribution >= 0.6 is 21.6 Å². The maximum atomic E-state index is 12.5. The van der Waals surface area contributed by atoms with E-state index >= 15 is 0 Å². The SMILES string of the molecule is O=C(CCCC[C@@H]1CCSS1)N1CC[C@H](n2cnc3ccccc32)C1. The molecule has 0 unspecified atom stereocenters. The summed E-state index contributed by atoms with van der Waals surface area (Å²) >= 11 is 0. The second-order valence-electron chi connectivity index (χ2n) is 7.00. The zero-order valence-corrected chi connectivity index (χ0v) is 16.1. The van der Waals surface area contributed by atoms with Crippen molar-refractivity contribution in [2.45, 2.75) is 49.8 Å².